The Kier molecular flexibility index (Phi) is 4.76. The highest BCUT2D eigenvalue weighted by atomic mass is 16.5. The predicted octanol–water partition coefficient (Wildman–Crippen LogP) is 3.48. The summed E-state index contributed by atoms with van der Waals surface area (Å²) in [5.41, 5.74) is 4.25. The highest BCUT2D eigenvalue weighted by Gasteiger charge is 2.12. The number of hydrogen-bond acceptors (Lipinski definition) is 6. The average Bonchev–Trinajstić information content (AvgIpc) is 3.39. The molecule has 0 aliphatic rings. The average molecular weight is 360 g/mol. The van der Waals surface area contributed by atoms with Gasteiger partial charge in [-0.2, -0.15) is 10.1 Å². The first-order valence-electron chi connectivity index (χ1n) is 8.77. The van der Waals surface area contributed by atoms with Crippen LogP contribution in [0.15, 0.2) is 65.7 Å². The molecule has 2 aromatic heterocycles. The Balaban J connectivity index is 1.39. The van der Waals surface area contributed by atoms with E-state index in [-0.39, 0.29) is 6.04 Å². The van der Waals surface area contributed by atoms with E-state index < -0.39 is 0 Å². The highest BCUT2D eigenvalue weighted by Crippen LogP contribution is 2.20. The Morgan fingerprint density at radius 2 is 1.93 bits per heavy atom. The Morgan fingerprint density at radius 3 is 2.67 bits per heavy atom. The van der Waals surface area contributed by atoms with Crippen LogP contribution < -0.4 is 5.32 Å². The van der Waals surface area contributed by atoms with E-state index in [4.69, 9.17) is 4.52 Å². The summed E-state index contributed by atoms with van der Waals surface area (Å²) in [7, 11) is 0. The normalized spacial score (nSPS) is 12.2. The maximum atomic E-state index is 5.39. The molecule has 136 valence electrons. The van der Waals surface area contributed by atoms with E-state index in [0.29, 0.717) is 18.3 Å². The predicted molar refractivity (Wildman–Crippen MR) is 101 cm³/mol. The van der Waals surface area contributed by atoms with Gasteiger partial charge in [0.25, 0.3) is 0 Å². The van der Waals surface area contributed by atoms with Gasteiger partial charge in [-0.05, 0) is 37.1 Å². The number of aryl methyl sites for hydroxylation is 1. The van der Waals surface area contributed by atoms with Crippen LogP contribution in [0.3, 0.4) is 0 Å². The van der Waals surface area contributed by atoms with Gasteiger partial charge >= 0.3 is 0 Å². The second-order valence-corrected chi connectivity index (χ2v) is 6.36. The van der Waals surface area contributed by atoms with Crippen LogP contribution in [0.25, 0.3) is 17.1 Å². The van der Waals surface area contributed by atoms with Crippen LogP contribution in [0.4, 0.5) is 0 Å². The Morgan fingerprint density at radius 1 is 1.11 bits per heavy atom. The van der Waals surface area contributed by atoms with E-state index in [2.05, 4.69) is 44.6 Å². The molecular formula is C20H20N6O. The number of benzene rings is 2. The Hall–Kier alpha value is -3.32. The standard InChI is InChI=1S/C20H20N6O/c1-14-5-3-4-6-18(14)20-24-19(27-25-20)11-22-15(2)16-7-9-17(10-8-16)26-13-21-12-23-26/h3-10,12-13,15,22H,11H2,1-2H3/t15-/m0/s1. The van der Waals surface area contributed by atoms with E-state index >= 15 is 0 Å². The van der Waals surface area contributed by atoms with Crippen molar-refractivity contribution in [2.45, 2.75) is 26.4 Å². The van der Waals surface area contributed by atoms with Gasteiger partial charge in [-0.25, -0.2) is 9.67 Å². The Labute approximate surface area is 157 Å². The molecule has 0 unspecified atom stereocenters. The number of rotatable bonds is 6. The van der Waals surface area contributed by atoms with Crippen LogP contribution in [0, 0.1) is 6.92 Å². The van der Waals surface area contributed by atoms with Crippen LogP contribution in [0.1, 0.15) is 30.0 Å². The molecule has 0 radical (unpaired) electrons. The Bertz CT molecular complexity index is 1010. The fourth-order valence-electron chi connectivity index (χ4n) is 2.88. The third kappa shape index (κ3) is 3.78. The van der Waals surface area contributed by atoms with Crippen molar-refractivity contribution in [1.82, 2.24) is 30.2 Å². The zero-order chi connectivity index (χ0) is 18.6. The molecule has 0 saturated heterocycles. The fraction of sp³-hybridized carbons (Fsp3) is 0.200. The van der Waals surface area contributed by atoms with Gasteiger partial charge in [0.15, 0.2) is 0 Å². The van der Waals surface area contributed by atoms with E-state index in [9.17, 15) is 0 Å². The molecule has 0 aliphatic carbocycles. The maximum Gasteiger partial charge on any atom is 0.240 e. The van der Waals surface area contributed by atoms with E-state index in [0.717, 1.165) is 22.4 Å². The zero-order valence-corrected chi connectivity index (χ0v) is 15.2. The second-order valence-electron chi connectivity index (χ2n) is 6.36. The highest BCUT2D eigenvalue weighted by molar-refractivity contribution is 5.58. The van der Waals surface area contributed by atoms with Gasteiger partial charge < -0.3 is 9.84 Å². The van der Waals surface area contributed by atoms with Gasteiger partial charge in [-0.1, -0.05) is 41.6 Å². The lowest BCUT2D eigenvalue weighted by molar-refractivity contribution is 0.360. The van der Waals surface area contributed by atoms with Crippen LogP contribution in [-0.2, 0) is 6.54 Å². The second kappa shape index (κ2) is 7.51. The van der Waals surface area contributed by atoms with Crippen molar-refractivity contribution in [3.05, 3.63) is 78.2 Å². The van der Waals surface area contributed by atoms with Crippen LogP contribution in [0.2, 0.25) is 0 Å². The van der Waals surface area contributed by atoms with Crippen molar-refractivity contribution < 1.29 is 4.52 Å². The summed E-state index contributed by atoms with van der Waals surface area (Å²) in [5.74, 6) is 1.19. The molecule has 1 N–H and O–H groups in total. The number of hydrogen-bond donors (Lipinski definition) is 1. The largest absolute Gasteiger partial charge is 0.338 e. The molecule has 0 fully saturated rings. The third-order valence-corrected chi connectivity index (χ3v) is 4.49. The SMILES string of the molecule is Cc1ccccc1-c1noc(CN[C@@H](C)c2ccc(-n3cncn3)cc2)n1. The zero-order valence-electron chi connectivity index (χ0n) is 15.2. The molecule has 2 aromatic carbocycles. The molecule has 4 rings (SSSR count). The fourth-order valence-corrected chi connectivity index (χ4v) is 2.88. The van der Waals surface area contributed by atoms with Crippen LogP contribution in [0.5, 0.6) is 0 Å². The first kappa shape index (κ1) is 17.1. The number of nitrogens with one attached hydrogen (secondary N) is 1. The van der Waals surface area contributed by atoms with E-state index in [1.807, 2.05) is 43.3 Å². The molecule has 0 saturated carbocycles. The van der Waals surface area contributed by atoms with Gasteiger partial charge in [-0.3, -0.25) is 0 Å². The van der Waals surface area contributed by atoms with Gasteiger partial charge in [0.2, 0.25) is 11.7 Å². The molecule has 2 heterocycles. The monoisotopic (exact) mass is 360 g/mol. The summed E-state index contributed by atoms with van der Waals surface area (Å²) in [6.07, 6.45) is 3.20. The van der Waals surface area contributed by atoms with Gasteiger partial charge in [-0.15, -0.1) is 0 Å². The lowest BCUT2D eigenvalue weighted by Gasteiger charge is -2.13. The molecular weight excluding hydrogens is 340 g/mol. The van der Waals surface area contributed by atoms with Gasteiger partial charge in [0, 0.05) is 11.6 Å². The molecule has 4 aromatic rings. The minimum Gasteiger partial charge on any atom is -0.338 e. The maximum absolute atomic E-state index is 5.39. The third-order valence-electron chi connectivity index (χ3n) is 4.49. The molecule has 7 heteroatoms. The van der Waals surface area contributed by atoms with Crippen molar-refractivity contribution in [2.75, 3.05) is 0 Å². The quantitative estimate of drug-likeness (QED) is 0.567. The number of aromatic nitrogens is 5. The molecule has 7 nitrogen and oxygen atoms in total. The summed E-state index contributed by atoms with van der Waals surface area (Å²) in [6.45, 7) is 4.64. The lowest BCUT2D eigenvalue weighted by atomic mass is 10.1. The first-order valence-corrected chi connectivity index (χ1v) is 8.77. The minimum absolute atomic E-state index is 0.142. The van der Waals surface area contributed by atoms with Crippen molar-refractivity contribution in [3.63, 3.8) is 0 Å². The van der Waals surface area contributed by atoms with Gasteiger partial charge in [0.1, 0.15) is 12.7 Å². The van der Waals surface area contributed by atoms with Crippen LogP contribution >= 0.6 is 0 Å². The molecule has 0 aliphatic heterocycles. The van der Waals surface area contributed by atoms with Crippen molar-refractivity contribution in [1.29, 1.82) is 0 Å². The molecule has 0 spiro atoms. The summed E-state index contributed by atoms with van der Waals surface area (Å²) in [4.78, 5) is 8.46. The molecule has 0 bridgehead atoms. The summed E-state index contributed by atoms with van der Waals surface area (Å²) in [6, 6.07) is 16.3. The van der Waals surface area contributed by atoms with Gasteiger partial charge in [0.05, 0.1) is 12.2 Å². The minimum atomic E-state index is 0.142. The van der Waals surface area contributed by atoms with E-state index in [1.54, 1.807) is 11.0 Å². The lowest BCUT2D eigenvalue weighted by Crippen LogP contribution is -2.18. The van der Waals surface area contributed by atoms with Crippen molar-refractivity contribution in [3.8, 4) is 17.1 Å². The number of nitrogens with zero attached hydrogens (tertiary/aromatic N) is 5. The van der Waals surface area contributed by atoms with Crippen molar-refractivity contribution >= 4 is 0 Å². The summed E-state index contributed by atoms with van der Waals surface area (Å²) < 4.78 is 7.12. The molecule has 0 amide bonds. The summed E-state index contributed by atoms with van der Waals surface area (Å²) >= 11 is 0. The van der Waals surface area contributed by atoms with E-state index in [1.165, 1.54) is 6.33 Å². The van der Waals surface area contributed by atoms with Crippen molar-refractivity contribution in [2.24, 2.45) is 0 Å². The topological polar surface area (TPSA) is 81.7 Å². The first-order chi connectivity index (χ1) is 13.2. The molecule has 27 heavy (non-hydrogen) atoms. The summed E-state index contributed by atoms with van der Waals surface area (Å²) in [5, 5.41) is 11.6. The van der Waals surface area contributed by atoms with Crippen LogP contribution in [-0.4, -0.2) is 24.9 Å². The smallest absolute Gasteiger partial charge is 0.240 e. The molecule has 1 atom stereocenters.